The molecular weight excluding hydrogens is 191 g/mol. The van der Waals surface area contributed by atoms with Crippen molar-refractivity contribution in [1.82, 2.24) is 0 Å². The smallest absolute Gasteiger partial charge is 0.0145 e. The molecule has 8 heavy (non-hydrogen) atoms. The van der Waals surface area contributed by atoms with Crippen molar-refractivity contribution >= 4 is 55.0 Å². The van der Waals surface area contributed by atoms with Crippen LogP contribution in [-0.2, 0) is 11.8 Å². The van der Waals surface area contributed by atoms with E-state index in [1.807, 2.05) is 23.8 Å². The van der Waals surface area contributed by atoms with Crippen molar-refractivity contribution in [2.75, 3.05) is 0 Å². The Hall–Kier alpha value is 1.14. The van der Waals surface area contributed by atoms with Crippen molar-refractivity contribution in [2.45, 2.75) is 0 Å². The average Bonchev–Trinajstić information content (AvgIpc) is 1.86. The standard InChI is InChI=1S/C4H4PS.Ge.Li/c6-5-3-1-2-4-5;;/h1-4H;;/q+1;;. The topological polar surface area (TPSA) is 0 Å². The molecule has 5 radical (unpaired) electrons. The summed E-state index contributed by atoms with van der Waals surface area (Å²) in [5, 5.41) is 0. The van der Waals surface area contributed by atoms with Crippen molar-refractivity contribution in [1.29, 1.82) is 0 Å². The van der Waals surface area contributed by atoms with E-state index in [1.54, 1.807) is 0 Å². The number of rotatable bonds is 0. The van der Waals surface area contributed by atoms with E-state index in [1.165, 1.54) is 0 Å². The van der Waals surface area contributed by atoms with Gasteiger partial charge in [-0.2, -0.15) is 0 Å². The van der Waals surface area contributed by atoms with Crippen molar-refractivity contribution < 1.29 is 0 Å². The van der Waals surface area contributed by atoms with Crippen LogP contribution in [0, 0.1) is 0 Å². The molecule has 0 unspecified atom stereocenters. The van der Waals surface area contributed by atoms with E-state index in [4.69, 9.17) is 11.8 Å². The molecule has 0 saturated carbocycles. The first-order valence-corrected chi connectivity index (χ1v) is 4.19. The third-order valence-electron chi connectivity index (χ3n) is 0.577. The monoisotopic (exact) mass is 196 g/mol. The summed E-state index contributed by atoms with van der Waals surface area (Å²) in [4.78, 5) is 0. The van der Waals surface area contributed by atoms with Gasteiger partial charge in [0.2, 0.25) is 6.70 Å². The summed E-state index contributed by atoms with van der Waals surface area (Å²) in [6.45, 7) is -0.243. The minimum atomic E-state index is -0.243. The first-order chi connectivity index (χ1) is 2.89. The molecule has 1 aliphatic heterocycles. The second-order valence-electron chi connectivity index (χ2n) is 1.04. The van der Waals surface area contributed by atoms with Crippen LogP contribution >= 0.6 is 6.70 Å². The summed E-state index contributed by atoms with van der Waals surface area (Å²) < 4.78 is 0. The predicted octanol–water partition coefficient (Wildman–Crippen LogP) is 1.21. The second-order valence-corrected chi connectivity index (χ2v) is 3.62. The number of allylic oxidation sites excluding steroid dienone is 2. The molecule has 0 N–H and O–H groups in total. The Morgan fingerprint density at radius 2 is 1.50 bits per heavy atom. The van der Waals surface area contributed by atoms with Gasteiger partial charge >= 0.3 is 0 Å². The quantitative estimate of drug-likeness (QED) is 0.413. The first-order valence-electron chi connectivity index (χ1n) is 1.70. The summed E-state index contributed by atoms with van der Waals surface area (Å²) in [6, 6.07) is 0. The fourth-order valence-corrected chi connectivity index (χ4v) is 1.38. The van der Waals surface area contributed by atoms with Gasteiger partial charge in [0.25, 0.3) is 0 Å². The van der Waals surface area contributed by atoms with Crippen molar-refractivity contribution in [3.63, 3.8) is 0 Å². The van der Waals surface area contributed by atoms with Crippen LogP contribution < -0.4 is 0 Å². The van der Waals surface area contributed by atoms with E-state index < -0.39 is 0 Å². The number of hydrogen-bond acceptors (Lipinski definition) is 1. The van der Waals surface area contributed by atoms with Gasteiger partial charge in [0.1, 0.15) is 11.6 Å². The first kappa shape index (κ1) is 11.9. The van der Waals surface area contributed by atoms with Crippen LogP contribution in [0.1, 0.15) is 0 Å². The van der Waals surface area contributed by atoms with Gasteiger partial charge in [-0.25, -0.2) is 0 Å². The van der Waals surface area contributed by atoms with Crippen LogP contribution in [0.15, 0.2) is 23.8 Å². The molecule has 0 aromatic rings. The van der Waals surface area contributed by atoms with Gasteiger partial charge in [-0.15, -0.1) is 0 Å². The Bertz CT molecular complexity index is 118. The normalized spacial score (nSPS) is 12.8. The molecule has 0 aliphatic carbocycles. The van der Waals surface area contributed by atoms with E-state index in [-0.39, 0.29) is 43.2 Å². The molecule has 0 amide bonds. The molecular formula is C4H4GeLiPS+. The summed E-state index contributed by atoms with van der Waals surface area (Å²) in [5.74, 6) is 4.09. The zero-order valence-corrected chi connectivity index (χ0v) is 8.47. The van der Waals surface area contributed by atoms with E-state index in [0.29, 0.717) is 0 Å². The summed E-state index contributed by atoms with van der Waals surface area (Å²) >= 11 is 4.89. The van der Waals surface area contributed by atoms with Crippen molar-refractivity contribution in [3.05, 3.63) is 23.8 Å². The zero-order valence-electron chi connectivity index (χ0n) is 4.66. The van der Waals surface area contributed by atoms with Crippen LogP contribution in [0.2, 0.25) is 0 Å². The fraction of sp³-hybridized carbons (Fsp3) is 0. The molecule has 0 bridgehead atoms. The summed E-state index contributed by atoms with van der Waals surface area (Å²) in [5.41, 5.74) is 0. The molecule has 1 rings (SSSR count). The second kappa shape index (κ2) is 6.26. The van der Waals surface area contributed by atoms with Crippen LogP contribution in [0.5, 0.6) is 0 Å². The molecule has 1 heterocycles. The van der Waals surface area contributed by atoms with Crippen LogP contribution in [-0.4, -0.2) is 36.5 Å². The summed E-state index contributed by atoms with van der Waals surface area (Å²) in [6.07, 6.45) is 4.00. The summed E-state index contributed by atoms with van der Waals surface area (Å²) in [7, 11) is 0. The van der Waals surface area contributed by atoms with Crippen molar-refractivity contribution in [2.24, 2.45) is 0 Å². The zero-order chi connectivity index (χ0) is 4.41. The van der Waals surface area contributed by atoms with Crippen LogP contribution in [0.4, 0.5) is 0 Å². The van der Waals surface area contributed by atoms with Gasteiger partial charge < -0.3 is 0 Å². The molecule has 1 aliphatic rings. The van der Waals surface area contributed by atoms with Crippen LogP contribution in [0.25, 0.3) is 0 Å². The predicted molar refractivity (Wildman–Crippen MR) is 44.1 cm³/mol. The molecule has 35 valence electrons. The molecule has 4 heteroatoms. The average molecular weight is 195 g/mol. The largest absolute Gasteiger partial charge is 0.235 e. The van der Waals surface area contributed by atoms with Crippen LogP contribution in [0.3, 0.4) is 0 Å². The molecule has 0 aromatic carbocycles. The molecule has 0 nitrogen and oxygen atoms in total. The Morgan fingerprint density at radius 3 is 1.62 bits per heavy atom. The number of hydrogen-bond donors (Lipinski definition) is 0. The molecule has 0 saturated heterocycles. The maximum absolute atomic E-state index is 4.89. The Morgan fingerprint density at radius 1 is 1.12 bits per heavy atom. The van der Waals surface area contributed by atoms with Crippen molar-refractivity contribution in [3.8, 4) is 0 Å². The van der Waals surface area contributed by atoms with Gasteiger partial charge in [0.05, 0.1) is 0 Å². The van der Waals surface area contributed by atoms with Gasteiger partial charge in [0.15, 0.2) is 11.8 Å². The molecule has 0 spiro atoms. The Balaban J connectivity index is 0. The Labute approximate surface area is 78.4 Å². The molecule has 0 atom stereocenters. The fourth-order valence-electron chi connectivity index (χ4n) is 0.319. The van der Waals surface area contributed by atoms with E-state index in [2.05, 4.69) is 0 Å². The van der Waals surface area contributed by atoms with Gasteiger partial charge in [-0.1, -0.05) is 0 Å². The van der Waals surface area contributed by atoms with Gasteiger partial charge in [-0.3, -0.25) is 0 Å². The molecule has 0 fully saturated rings. The minimum absolute atomic E-state index is 0. The van der Waals surface area contributed by atoms with E-state index in [0.717, 1.165) is 0 Å². The maximum atomic E-state index is 4.89. The maximum Gasteiger partial charge on any atom is 0.235 e. The SMILES string of the molecule is S=[P+]1C=CC=C1.[Ge].[Li]. The Kier molecular flexibility index (Phi) is 9.30. The van der Waals surface area contributed by atoms with E-state index in [9.17, 15) is 0 Å². The third-order valence-corrected chi connectivity index (χ3v) is 2.24. The van der Waals surface area contributed by atoms with Gasteiger partial charge in [-0.05, 0) is 12.2 Å². The minimum Gasteiger partial charge on any atom is -0.0145 e. The third kappa shape index (κ3) is 4.06. The molecule has 0 aromatic heterocycles. The van der Waals surface area contributed by atoms with E-state index >= 15 is 0 Å². The van der Waals surface area contributed by atoms with Gasteiger partial charge in [0, 0.05) is 36.5 Å².